The highest BCUT2D eigenvalue weighted by Crippen LogP contribution is 2.22. The third-order valence-electron chi connectivity index (χ3n) is 3.91. The lowest BCUT2D eigenvalue weighted by Crippen LogP contribution is -2.19. The van der Waals surface area contributed by atoms with Crippen LogP contribution in [0.1, 0.15) is 11.3 Å². The zero-order valence-corrected chi connectivity index (χ0v) is 13.7. The number of carboxylic acids is 1. The minimum absolute atomic E-state index is 0.408. The molecule has 4 nitrogen and oxygen atoms in total. The summed E-state index contributed by atoms with van der Waals surface area (Å²) in [7, 11) is 0. The zero-order valence-electron chi connectivity index (χ0n) is 12.9. The molecule has 0 aliphatic carbocycles. The van der Waals surface area contributed by atoms with Gasteiger partial charge in [0, 0.05) is 22.7 Å². The van der Waals surface area contributed by atoms with E-state index >= 15 is 0 Å². The van der Waals surface area contributed by atoms with Crippen molar-refractivity contribution in [2.24, 2.45) is 5.92 Å². The van der Waals surface area contributed by atoms with Gasteiger partial charge in [-0.15, -0.1) is 0 Å². The number of aromatic amines is 1. The Morgan fingerprint density at radius 1 is 1.08 bits per heavy atom. The zero-order chi connectivity index (χ0) is 16.9. The number of aliphatic carboxylic acids is 1. The summed E-state index contributed by atoms with van der Waals surface area (Å²) in [4.78, 5) is 11.6. The third-order valence-corrected chi connectivity index (χ3v) is 4.16. The van der Waals surface area contributed by atoms with Gasteiger partial charge >= 0.3 is 5.97 Å². The van der Waals surface area contributed by atoms with Crippen LogP contribution in [0, 0.1) is 5.92 Å². The fourth-order valence-electron chi connectivity index (χ4n) is 2.65. The number of carboxylic acid groups (broad SMARTS) is 1. The fourth-order valence-corrected chi connectivity index (χ4v) is 2.77. The summed E-state index contributed by atoms with van der Waals surface area (Å²) in [6.07, 6.45) is 0.899. The van der Waals surface area contributed by atoms with Gasteiger partial charge in [-0.25, -0.2) is 0 Å². The predicted molar refractivity (Wildman–Crippen MR) is 94.0 cm³/mol. The molecule has 5 heteroatoms. The first-order valence-electron chi connectivity index (χ1n) is 7.69. The van der Waals surface area contributed by atoms with E-state index in [0.717, 1.165) is 22.5 Å². The first kappa shape index (κ1) is 16.3. The molecule has 3 aromatic rings. The van der Waals surface area contributed by atoms with E-state index in [4.69, 9.17) is 11.6 Å². The van der Waals surface area contributed by atoms with E-state index in [1.165, 1.54) is 0 Å². The molecule has 0 bridgehead atoms. The number of nitrogens with zero attached hydrogens (tertiary/aromatic N) is 1. The number of nitrogens with one attached hydrogen (secondary N) is 1. The Kier molecular flexibility index (Phi) is 4.96. The lowest BCUT2D eigenvalue weighted by atomic mass is 9.94. The Bertz CT molecular complexity index is 813. The summed E-state index contributed by atoms with van der Waals surface area (Å²) in [5.41, 5.74) is 3.55. The summed E-state index contributed by atoms with van der Waals surface area (Å²) in [6.45, 7) is 0. The highest BCUT2D eigenvalue weighted by Gasteiger charge is 2.20. The quantitative estimate of drug-likeness (QED) is 0.706. The molecule has 0 radical (unpaired) electrons. The van der Waals surface area contributed by atoms with Crippen LogP contribution in [0.2, 0.25) is 5.02 Å². The van der Waals surface area contributed by atoms with Gasteiger partial charge in [0.15, 0.2) is 0 Å². The molecule has 0 saturated heterocycles. The summed E-state index contributed by atoms with van der Waals surface area (Å²) in [5.74, 6) is -1.30. The number of aromatic nitrogens is 2. The number of hydrogen-bond donors (Lipinski definition) is 2. The smallest absolute Gasteiger partial charge is 0.307 e. The van der Waals surface area contributed by atoms with E-state index in [2.05, 4.69) is 10.2 Å². The summed E-state index contributed by atoms with van der Waals surface area (Å²) >= 11 is 5.89. The number of halogens is 1. The maximum Gasteiger partial charge on any atom is 0.307 e. The van der Waals surface area contributed by atoms with E-state index in [-0.39, 0.29) is 0 Å². The van der Waals surface area contributed by atoms with Crippen LogP contribution in [0.25, 0.3) is 11.3 Å². The number of rotatable bonds is 6. The molecule has 24 heavy (non-hydrogen) atoms. The van der Waals surface area contributed by atoms with Gasteiger partial charge in [-0.2, -0.15) is 5.10 Å². The van der Waals surface area contributed by atoms with Crippen molar-refractivity contribution < 1.29 is 9.90 Å². The maximum absolute atomic E-state index is 11.6. The molecule has 1 atom stereocenters. The van der Waals surface area contributed by atoms with Crippen molar-refractivity contribution in [3.8, 4) is 11.3 Å². The van der Waals surface area contributed by atoms with Gasteiger partial charge in [0.2, 0.25) is 0 Å². The van der Waals surface area contributed by atoms with Crippen LogP contribution >= 0.6 is 11.6 Å². The first-order valence-corrected chi connectivity index (χ1v) is 8.06. The molecule has 1 heterocycles. The van der Waals surface area contributed by atoms with Gasteiger partial charge in [-0.05, 0) is 30.2 Å². The Balaban J connectivity index is 1.74. The standard InChI is InChI=1S/C19H17ClN2O2/c20-16-8-6-14(7-9-16)18-12-17(21-22-18)11-15(19(23)24)10-13-4-2-1-3-5-13/h1-9,12,15H,10-11H2,(H,21,22)(H,23,24). The molecule has 1 unspecified atom stereocenters. The van der Waals surface area contributed by atoms with Crippen LogP contribution in [-0.2, 0) is 17.6 Å². The SMILES string of the molecule is O=C(O)C(Cc1ccccc1)Cc1cc(-c2ccc(Cl)cc2)n[nH]1. The Morgan fingerprint density at radius 3 is 2.46 bits per heavy atom. The van der Waals surface area contributed by atoms with Gasteiger partial charge in [0.1, 0.15) is 0 Å². The van der Waals surface area contributed by atoms with E-state index in [1.54, 1.807) is 12.1 Å². The Labute approximate surface area is 145 Å². The highest BCUT2D eigenvalue weighted by atomic mass is 35.5. The number of benzene rings is 2. The van der Waals surface area contributed by atoms with Crippen LogP contribution in [-0.4, -0.2) is 21.3 Å². The molecule has 0 aliphatic heterocycles. The lowest BCUT2D eigenvalue weighted by Gasteiger charge is -2.11. The average Bonchev–Trinajstić information content (AvgIpc) is 3.04. The summed E-state index contributed by atoms with van der Waals surface area (Å²) in [5, 5.41) is 17.4. The van der Waals surface area contributed by atoms with Crippen LogP contribution in [0.15, 0.2) is 60.7 Å². The van der Waals surface area contributed by atoms with Crippen LogP contribution < -0.4 is 0 Å². The summed E-state index contributed by atoms with van der Waals surface area (Å²) < 4.78 is 0. The van der Waals surface area contributed by atoms with E-state index in [0.29, 0.717) is 17.9 Å². The highest BCUT2D eigenvalue weighted by molar-refractivity contribution is 6.30. The second-order valence-electron chi connectivity index (χ2n) is 5.71. The molecule has 2 N–H and O–H groups in total. The van der Waals surface area contributed by atoms with Gasteiger partial charge in [-0.3, -0.25) is 9.89 Å². The second kappa shape index (κ2) is 7.32. The Morgan fingerprint density at radius 2 is 1.79 bits per heavy atom. The maximum atomic E-state index is 11.6. The topological polar surface area (TPSA) is 66.0 Å². The van der Waals surface area contributed by atoms with Crippen molar-refractivity contribution in [2.45, 2.75) is 12.8 Å². The average molecular weight is 341 g/mol. The van der Waals surface area contributed by atoms with E-state index in [1.807, 2.05) is 48.5 Å². The molecule has 3 rings (SSSR count). The molecule has 122 valence electrons. The van der Waals surface area contributed by atoms with Crippen molar-refractivity contribution in [1.82, 2.24) is 10.2 Å². The van der Waals surface area contributed by atoms with Crippen molar-refractivity contribution in [3.63, 3.8) is 0 Å². The fraction of sp³-hybridized carbons (Fsp3) is 0.158. The molecule has 0 aliphatic rings. The molecule has 0 saturated carbocycles. The van der Waals surface area contributed by atoms with Crippen molar-refractivity contribution in [1.29, 1.82) is 0 Å². The van der Waals surface area contributed by atoms with Crippen molar-refractivity contribution in [3.05, 3.63) is 76.9 Å². The molecule has 2 aromatic carbocycles. The van der Waals surface area contributed by atoms with Gasteiger partial charge in [0.05, 0.1) is 11.6 Å². The van der Waals surface area contributed by atoms with Gasteiger partial charge < -0.3 is 5.11 Å². The molecular weight excluding hydrogens is 324 g/mol. The number of H-pyrrole nitrogens is 1. The minimum atomic E-state index is -0.804. The predicted octanol–water partition coefficient (Wildman–Crippen LogP) is 4.22. The largest absolute Gasteiger partial charge is 0.481 e. The lowest BCUT2D eigenvalue weighted by molar-refractivity contribution is -0.141. The van der Waals surface area contributed by atoms with Crippen LogP contribution in [0.4, 0.5) is 0 Å². The van der Waals surface area contributed by atoms with Gasteiger partial charge in [-0.1, -0.05) is 54.1 Å². The Hall–Kier alpha value is -2.59. The van der Waals surface area contributed by atoms with E-state index in [9.17, 15) is 9.90 Å². The monoisotopic (exact) mass is 340 g/mol. The number of carbonyl (C=O) groups is 1. The van der Waals surface area contributed by atoms with E-state index < -0.39 is 11.9 Å². The third kappa shape index (κ3) is 4.03. The second-order valence-corrected chi connectivity index (χ2v) is 6.15. The molecule has 0 amide bonds. The van der Waals surface area contributed by atoms with Gasteiger partial charge in [0.25, 0.3) is 0 Å². The molecular formula is C19H17ClN2O2. The summed E-state index contributed by atoms with van der Waals surface area (Å²) in [6, 6.07) is 18.9. The van der Waals surface area contributed by atoms with Crippen molar-refractivity contribution >= 4 is 17.6 Å². The van der Waals surface area contributed by atoms with Crippen molar-refractivity contribution in [2.75, 3.05) is 0 Å². The molecule has 0 spiro atoms. The normalized spacial score (nSPS) is 12.0. The molecule has 0 fully saturated rings. The van der Waals surface area contributed by atoms with Crippen LogP contribution in [0.5, 0.6) is 0 Å². The minimum Gasteiger partial charge on any atom is -0.481 e. The van der Waals surface area contributed by atoms with Crippen LogP contribution in [0.3, 0.4) is 0 Å². The number of hydrogen-bond acceptors (Lipinski definition) is 2. The first-order chi connectivity index (χ1) is 11.6. The molecule has 1 aromatic heterocycles.